The van der Waals surface area contributed by atoms with Crippen LogP contribution in [-0.4, -0.2) is 30.6 Å². The number of anilines is 2. The Morgan fingerprint density at radius 3 is 2.90 bits per heavy atom. The average Bonchev–Trinajstić information content (AvgIpc) is 2.87. The lowest BCUT2D eigenvalue weighted by Gasteiger charge is -2.09. The van der Waals surface area contributed by atoms with Crippen LogP contribution < -0.4 is 15.8 Å². The Morgan fingerprint density at radius 1 is 1.48 bits per heavy atom. The first-order chi connectivity index (χ1) is 9.99. The molecule has 0 amide bonds. The van der Waals surface area contributed by atoms with Gasteiger partial charge in [0.25, 0.3) is 0 Å². The molecule has 2 aromatic rings. The fourth-order valence-corrected chi connectivity index (χ4v) is 3.93. The fourth-order valence-electron chi connectivity index (χ4n) is 1.77. The van der Waals surface area contributed by atoms with Crippen molar-refractivity contribution in [2.75, 3.05) is 23.9 Å². The van der Waals surface area contributed by atoms with Crippen LogP contribution in [0.1, 0.15) is 12.5 Å². The number of rotatable bonds is 6. The maximum Gasteiger partial charge on any atom is 0.218 e. The Balaban J connectivity index is 2.26. The van der Waals surface area contributed by atoms with E-state index >= 15 is 0 Å². The molecule has 0 atom stereocenters. The number of nitrogens with one attached hydrogen (secondary N) is 1. The van der Waals surface area contributed by atoms with Crippen molar-refractivity contribution in [2.24, 2.45) is 0 Å². The van der Waals surface area contributed by atoms with Crippen molar-refractivity contribution in [1.82, 2.24) is 9.36 Å². The molecule has 2 aromatic heterocycles. The number of aromatic nitrogens is 2. The fraction of sp³-hybridized carbons (Fsp3) is 0.333. The highest BCUT2D eigenvalue weighted by atomic mass is 32.2. The summed E-state index contributed by atoms with van der Waals surface area (Å²) in [7, 11) is -1.89. The quantitative estimate of drug-likeness (QED) is 0.828. The molecule has 0 aliphatic rings. The van der Waals surface area contributed by atoms with Gasteiger partial charge in [0.15, 0.2) is 15.7 Å². The molecule has 114 valence electrons. The van der Waals surface area contributed by atoms with Crippen molar-refractivity contribution in [3.05, 3.63) is 23.9 Å². The Kier molecular flexibility index (Phi) is 4.63. The minimum Gasteiger partial charge on any atom is -0.481 e. The standard InChI is InChI=1S/C12H16N4O3S2/c1-3-21(17,18)9-10(13)16-20-12(9)15-7-8-5-4-6-14-11(8)19-2/h4-6,15H,3,7H2,1-2H3,(H2,13,16). The first kappa shape index (κ1) is 15.5. The van der Waals surface area contributed by atoms with Gasteiger partial charge in [-0.25, -0.2) is 13.4 Å². The van der Waals surface area contributed by atoms with E-state index in [0.717, 1.165) is 17.1 Å². The van der Waals surface area contributed by atoms with Crippen LogP contribution in [0, 0.1) is 0 Å². The summed E-state index contributed by atoms with van der Waals surface area (Å²) in [5.74, 6) is 0.491. The van der Waals surface area contributed by atoms with Crippen molar-refractivity contribution in [3.63, 3.8) is 0 Å². The van der Waals surface area contributed by atoms with Crippen LogP contribution in [0.4, 0.5) is 10.8 Å². The predicted octanol–water partition coefficient (Wildman–Crippen LogP) is 1.53. The highest BCUT2D eigenvalue weighted by molar-refractivity contribution is 7.91. The lowest BCUT2D eigenvalue weighted by molar-refractivity contribution is 0.393. The molecule has 2 heterocycles. The number of nitrogens with two attached hydrogens (primary N) is 1. The summed E-state index contributed by atoms with van der Waals surface area (Å²) in [6.45, 7) is 1.94. The molecule has 0 bridgehead atoms. The summed E-state index contributed by atoms with van der Waals surface area (Å²) in [6, 6.07) is 3.63. The zero-order valence-electron chi connectivity index (χ0n) is 11.7. The van der Waals surface area contributed by atoms with Crippen LogP contribution >= 0.6 is 11.5 Å². The van der Waals surface area contributed by atoms with Gasteiger partial charge in [-0.3, -0.25) is 0 Å². The van der Waals surface area contributed by atoms with E-state index in [4.69, 9.17) is 10.5 Å². The van der Waals surface area contributed by atoms with Crippen molar-refractivity contribution in [1.29, 1.82) is 0 Å². The molecule has 0 saturated heterocycles. The molecule has 21 heavy (non-hydrogen) atoms. The minimum absolute atomic E-state index is 0.0273. The number of nitrogen functional groups attached to an aromatic ring is 1. The first-order valence-electron chi connectivity index (χ1n) is 6.19. The number of hydrogen-bond donors (Lipinski definition) is 2. The van der Waals surface area contributed by atoms with Crippen LogP contribution in [0.25, 0.3) is 0 Å². The van der Waals surface area contributed by atoms with Gasteiger partial charge in [-0.15, -0.1) is 0 Å². The summed E-state index contributed by atoms with van der Waals surface area (Å²) < 4.78 is 33.2. The maximum atomic E-state index is 12.0. The lowest BCUT2D eigenvalue weighted by Crippen LogP contribution is -2.09. The highest BCUT2D eigenvalue weighted by Crippen LogP contribution is 2.32. The SMILES string of the molecule is CCS(=O)(=O)c1c(N)nsc1NCc1cccnc1OC. The summed E-state index contributed by atoms with van der Waals surface area (Å²) >= 11 is 1.02. The van der Waals surface area contributed by atoms with Gasteiger partial charge >= 0.3 is 0 Å². The number of ether oxygens (including phenoxy) is 1. The van der Waals surface area contributed by atoms with Gasteiger partial charge in [0, 0.05) is 18.3 Å². The van der Waals surface area contributed by atoms with E-state index in [0.29, 0.717) is 17.4 Å². The van der Waals surface area contributed by atoms with Crippen LogP contribution in [0.2, 0.25) is 0 Å². The smallest absolute Gasteiger partial charge is 0.218 e. The van der Waals surface area contributed by atoms with Gasteiger partial charge in [-0.1, -0.05) is 13.0 Å². The number of nitrogens with zero attached hydrogens (tertiary/aromatic N) is 2. The third-order valence-corrected chi connectivity index (χ3v) is 5.59. The van der Waals surface area contributed by atoms with E-state index in [1.807, 2.05) is 6.07 Å². The maximum absolute atomic E-state index is 12.0. The number of sulfone groups is 1. The van der Waals surface area contributed by atoms with Crippen LogP contribution in [0.5, 0.6) is 5.88 Å². The van der Waals surface area contributed by atoms with Gasteiger partial charge in [0.2, 0.25) is 5.88 Å². The second kappa shape index (κ2) is 6.27. The van der Waals surface area contributed by atoms with E-state index < -0.39 is 9.84 Å². The molecule has 0 aromatic carbocycles. The molecule has 0 saturated carbocycles. The summed E-state index contributed by atoms with van der Waals surface area (Å²) in [6.07, 6.45) is 1.62. The Hall–Kier alpha value is -1.87. The van der Waals surface area contributed by atoms with Crippen molar-refractivity contribution in [3.8, 4) is 5.88 Å². The molecule has 0 aliphatic heterocycles. The van der Waals surface area contributed by atoms with E-state index in [1.54, 1.807) is 19.2 Å². The van der Waals surface area contributed by atoms with Crippen LogP contribution in [-0.2, 0) is 16.4 Å². The van der Waals surface area contributed by atoms with E-state index in [-0.39, 0.29) is 16.5 Å². The Labute approximate surface area is 127 Å². The van der Waals surface area contributed by atoms with E-state index in [9.17, 15) is 8.42 Å². The van der Waals surface area contributed by atoms with Gasteiger partial charge in [-0.2, -0.15) is 4.37 Å². The van der Waals surface area contributed by atoms with Crippen molar-refractivity contribution < 1.29 is 13.2 Å². The average molecular weight is 328 g/mol. The third-order valence-electron chi connectivity index (χ3n) is 2.85. The summed E-state index contributed by atoms with van der Waals surface area (Å²) in [5, 5.41) is 3.47. The molecule has 0 aliphatic carbocycles. The Morgan fingerprint density at radius 2 is 2.24 bits per heavy atom. The van der Waals surface area contributed by atoms with Gasteiger partial charge in [-0.05, 0) is 17.6 Å². The molecule has 0 fully saturated rings. The molecule has 0 radical (unpaired) electrons. The normalized spacial score (nSPS) is 11.3. The summed E-state index contributed by atoms with van der Waals surface area (Å²) in [5.41, 5.74) is 6.48. The van der Waals surface area contributed by atoms with E-state index in [2.05, 4.69) is 14.7 Å². The largest absolute Gasteiger partial charge is 0.481 e. The summed E-state index contributed by atoms with van der Waals surface area (Å²) in [4.78, 5) is 4.15. The number of hydrogen-bond acceptors (Lipinski definition) is 8. The molecule has 2 rings (SSSR count). The second-order valence-electron chi connectivity index (χ2n) is 4.15. The van der Waals surface area contributed by atoms with Crippen molar-refractivity contribution in [2.45, 2.75) is 18.4 Å². The number of methoxy groups -OCH3 is 1. The molecule has 9 heteroatoms. The monoisotopic (exact) mass is 328 g/mol. The molecular formula is C12H16N4O3S2. The molecular weight excluding hydrogens is 312 g/mol. The van der Waals surface area contributed by atoms with Crippen molar-refractivity contribution >= 4 is 32.2 Å². The van der Waals surface area contributed by atoms with Crippen LogP contribution in [0.15, 0.2) is 23.2 Å². The lowest BCUT2D eigenvalue weighted by atomic mass is 10.2. The third kappa shape index (κ3) is 3.24. The zero-order valence-corrected chi connectivity index (χ0v) is 13.3. The molecule has 0 unspecified atom stereocenters. The second-order valence-corrected chi connectivity index (χ2v) is 7.14. The highest BCUT2D eigenvalue weighted by Gasteiger charge is 2.23. The van der Waals surface area contributed by atoms with Gasteiger partial charge < -0.3 is 15.8 Å². The molecule has 7 nitrogen and oxygen atoms in total. The Bertz CT molecular complexity index is 728. The molecule has 0 spiro atoms. The van der Waals surface area contributed by atoms with Crippen LogP contribution in [0.3, 0.4) is 0 Å². The zero-order chi connectivity index (χ0) is 15.5. The topological polar surface area (TPSA) is 107 Å². The predicted molar refractivity (Wildman–Crippen MR) is 82.4 cm³/mol. The molecule has 3 N–H and O–H groups in total. The first-order valence-corrected chi connectivity index (χ1v) is 8.61. The van der Waals surface area contributed by atoms with Gasteiger partial charge in [0.05, 0.1) is 12.9 Å². The minimum atomic E-state index is -3.42. The number of pyridine rings is 1. The van der Waals surface area contributed by atoms with Gasteiger partial charge in [0.1, 0.15) is 9.90 Å². The van der Waals surface area contributed by atoms with E-state index in [1.165, 1.54) is 7.11 Å².